The van der Waals surface area contributed by atoms with Crippen LogP contribution in [0.2, 0.25) is 0 Å². The first-order chi connectivity index (χ1) is 7.28. The summed E-state index contributed by atoms with van der Waals surface area (Å²) in [7, 11) is 0. The van der Waals surface area contributed by atoms with Gasteiger partial charge in [-0.3, -0.25) is 0 Å². The van der Waals surface area contributed by atoms with Crippen molar-refractivity contribution in [2.75, 3.05) is 11.9 Å². The van der Waals surface area contributed by atoms with Crippen molar-refractivity contribution in [1.29, 1.82) is 0 Å². The molecule has 0 aromatic heterocycles. The predicted molar refractivity (Wildman–Crippen MR) is 71.1 cm³/mol. The minimum atomic E-state index is 0.247. The summed E-state index contributed by atoms with van der Waals surface area (Å²) in [5.74, 6) is 0. The van der Waals surface area contributed by atoms with Crippen molar-refractivity contribution in [3.8, 4) is 0 Å². The van der Waals surface area contributed by atoms with E-state index in [-0.39, 0.29) is 5.41 Å². The summed E-state index contributed by atoms with van der Waals surface area (Å²) in [6, 6.07) is 6.87. The Hall–Kier alpha value is -0.980. The number of benzene rings is 1. The molecule has 1 aliphatic heterocycles. The molecule has 1 heteroatoms. The zero-order chi connectivity index (χ0) is 12.0. The molecule has 0 fully saturated rings. The molecule has 1 aliphatic rings. The van der Waals surface area contributed by atoms with Crippen molar-refractivity contribution in [3.63, 3.8) is 0 Å². The molecule has 1 N–H and O–H groups in total. The molecule has 1 aromatic rings. The number of rotatable bonds is 0. The normalized spacial score (nSPS) is 18.8. The van der Waals surface area contributed by atoms with Gasteiger partial charge in [-0.1, -0.05) is 46.8 Å². The van der Waals surface area contributed by atoms with Crippen molar-refractivity contribution in [3.05, 3.63) is 29.3 Å². The van der Waals surface area contributed by atoms with Gasteiger partial charge in [-0.15, -0.1) is 0 Å². The molecule has 88 valence electrons. The highest BCUT2D eigenvalue weighted by molar-refractivity contribution is 5.56. The summed E-state index contributed by atoms with van der Waals surface area (Å²) in [6.07, 6.45) is 1.18. The molecule has 1 heterocycles. The van der Waals surface area contributed by atoms with Crippen LogP contribution in [0.15, 0.2) is 18.2 Å². The first-order valence-corrected chi connectivity index (χ1v) is 6.15. The highest BCUT2D eigenvalue weighted by atomic mass is 14.9. The van der Waals surface area contributed by atoms with Crippen LogP contribution in [0.4, 0.5) is 5.69 Å². The topological polar surface area (TPSA) is 12.0 Å². The minimum Gasteiger partial charge on any atom is -0.384 e. The standard InChI is InChI=1S/C15H23N/c1-14(2,3)12-6-7-13-11(8-12)9-15(4,5)10-16-13/h6-8,16H,9-10H2,1-5H3. The summed E-state index contributed by atoms with van der Waals surface area (Å²) < 4.78 is 0. The Morgan fingerprint density at radius 1 is 1.19 bits per heavy atom. The Labute approximate surface area is 99.3 Å². The van der Waals surface area contributed by atoms with E-state index in [9.17, 15) is 0 Å². The number of fused-ring (bicyclic) bond motifs is 1. The van der Waals surface area contributed by atoms with E-state index in [1.165, 1.54) is 23.2 Å². The molecular weight excluding hydrogens is 194 g/mol. The van der Waals surface area contributed by atoms with Crippen LogP contribution in [0.3, 0.4) is 0 Å². The number of nitrogens with one attached hydrogen (secondary N) is 1. The van der Waals surface area contributed by atoms with Gasteiger partial charge in [0.15, 0.2) is 0 Å². The van der Waals surface area contributed by atoms with Crippen LogP contribution in [-0.4, -0.2) is 6.54 Å². The second-order valence-corrected chi connectivity index (χ2v) is 6.82. The largest absolute Gasteiger partial charge is 0.384 e. The van der Waals surface area contributed by atoms with Crippen LogP contribution in [0.25, 0.3) is 0 Å². The molecule has 0 saturated carbocycles. The number of anilines is 1. The molecule has 0 unspecified atom stereocenters. The van der Waals surface area contributed by atoms with E-state index < -0.39 is 0 Å². The van der Waals surface area contributed by atoms with E-state index in [4.69, 9.17) is 0 Å². The van der Waals surface area contributed by atoms with Gasteiger partial charge in [0.2, 0.25) is 0 Å². The third-order valence-electron chi connectivity index (χ3n) is 3.40. The third kappa shape index (κ3) is 2.23. The van der Waals surface area contributed by atoms with Gasteiger partial charge in [0.1, 0.15) is 0 Å². The summed E-state index contributed by atoms with van der Waals surface area (Å²) in [5, 5.41) is 3.53. The molecule has 0 spiro atoms. The van der Waals surface area contributed by atoms with Gasteiger partial charge in [0, 0.05) is 12.2 Å². The molecule has 0 aliphatic carbocycles. The average molecular weight is 217 g/mol. The van der Waals surface area contributed by atoms with Crippen molar-refractivity contribution >= 4 is 5.69 Å². The Kier molecular flexibility index (Phi) is 2.52. The second-order valence-electron chi connectivity index (χ2n) is 6.82. The Balaban J connectivity index is 2.39. The van der Waals surface area contributed by atoms with Crippen molar-refractivity contribution in [1.82, 2.24) is 0 Å². The van der Waals surface area contributed by atoms with E-state index in [0.717, 1.165) is 6.54 Å². The monoisotopic (exact) mass is 217 g/mol. The zero-order valence-electron chi connectivity index (χ0n) is 11.1. The lowest BCUT2D eigenvalue weighted by atomic mass is 9.79. The lowest BCUT2D eigenvalue weighted by Gasteiger charge is -2.33. The quantitative estimate of drug-likeness (QED) is 0.693. The smallest absolute Gasteiger partial charge is 0.0373 e. The molecule has 16 heavy (non-hydrogen) atoms. The van der Waals surface area contributed by atoms with Crippen LogP contribution < -0.4 is 5.32 Å². The van der Waals surface area contributed by atoms with Gasteiger partial charge < -0.3 is 5.32 Å². The van der Waals surface area contributed by atoms with Gasteiger partial charge in [-0.25, -0.2) is 0 Å². The lowest BCUT2D eigenvalue weighted by Crippen LogP contribution is -2.31. The first-order valence-electron chi connectivity index (χ1n) is 6.15. The fourth-order valence-electron chi connectivity index (χ4n) is 2.29. The number of hydrogen-bond acceptors (Lipinski definition) is 1. The first kappa shape index (κ1) is 11.5. The molecule has 0 atom stereocenters. The summed E-state index contributed by atoms with van der Waals surface area (Å²) in [6.45, 7) is 12.6. The van der Waals surface area contributed by atoms with E-state index in [0.29, 0.717) is 5.41 Å². The third-order valence-corrected chi connectivity index (χ3v) is 3.40. The molecule has 0 bridgehead atoms. The van der Waals surface area contributed by atoms with E-state index >= 15 is 0 Å². The van der Waals surface area contributed by atoms with E-state index in [1.807, 2.05) is 0 Å². The van der Waals surface area contributed by atoms with Gasteiger partial charge in [0.05, 0.1) is 0 Å². The zero-order valence-corrected chi connectivity index (χ0v) is 11.1. The Bertz CT molecular complexity index is 396. The Morgan fingerprint density at radius 2 is 1.88 bits per heavy atom. The van der Waals surface area contributed by atoms with Crippen LogP contribution in [0.5, 0.6) is 0 Å². The summed E-state index contributed by atoms with van der Waals surface area (Å²) >= 11 is 0. The van der Waals surface area contributed by atoms with Gasteiger partial charge in [-0.05, 0) is 34.4 Å². The van der Waals surface area contributed by atoms with Gasteiger partial charge >= 0.3 is 0 Å². The molecule has 0 radical (unpaired) electrons. The maximum Gasteiger partial charge on any atom is 0.0373 e. The van der Waals surface area contributed by atoms with Crippen LogP contribution in [0.1, 0.15) is 45.7 Å². The molecule has 0 saturated heterocycles. The maximum atomic E-state index is 3.53. The van der Waals surface area contributed by atoms with E-state index in [2.05, 4.69) is 58.1 Å². The van der Waals surface area contributed by atoms with E-state index in [1.54, 1.807) is 0 Å². The molecular formula is C15H23N. The van der Waals surface area contributed by atoms with Crippen molar-refractivity contribution in [2.24, 2.45) is 5.41 Å². The molecule has 0 amide bonds. The second kappa shape index (κ2) is 3.51. The molecule has 1 aromatic carbocycles. The van der Waals surface area contributed by atoms with Gasteiger partial charge in [-0.2, -0.15) is 0 Å². The minimum absolute atomic E-state index is 0.247. The van der Waals surface area contributed by atoms with Crippen LogP contribution in [0, 0.1) is 5.41 Å². The maximum absolute atomic E-state index is 3.53. The summed E-state index contributed by atoms with van der Waals surface area (Å²) in [5.41, 5.74) is 4.86. The summed E-state index contributed by atoms with van der Waals surface area (Å²) in [4.78, 5) is 0. The SMILES string of the molecule is CC1(C)CNc2ccc(C(C)(C)C)cc2C1. The Morgan fingerprint density at radius 3 is 2.50 bits per heavy atom. The van der Waals surface area contributed by atoms with Crippen molar-refractivity contribution in [2.45, 2.75) is 46.5 Å². The highest BCUT2D eigenvalue weighted by Crippen LogP contribution is 2.34. The van der Waals surface area contributed by atoms with Gasteiger partial charge in [0.25, 0.3) is 0 Å². The highest BCUT2D eigenvalue weighted by Gasteiger charge is 2.26. The van der Waals surface area contributed by atoms with Crippen LogP contribution >= 0.6 is 0 Å². The van der Waals surface area contributed by atoms with Crippen molar-refractivity contribution < 1.29 is 0 Å². The fourth-order valence-corrected chi connectivity index (χ4v) is 2.29. The molecule has 2 rings (SSSR count). The molecule has 1 nitrogen and oxygen atoms in total. The predicted octanol–water partition coefficient (Wildman–Crippen LogP) is 3.98. The van der Waals surface area contributed by atoms with Crippen LogP contribution in [-0.2, 0) is 11.8 Å². The lowest BCUT2D eigenvalue weighted by molar-refractivity contribution is 0.378. The fraction of sp³-hybridized carbons (Fsp3) is 0.600. The average Bonchev–Trinajstić information content (AvgIpc) is 2.13. The number of hydrogen-bond donors (Lipinski definition) is 1.